The molecule has 2 heterocycles. The molecule has 0 bridgehead atoms. The lowest BCUT2D eigenvalue weighted by atomic mass is 9.34. The second-order valence-electron chi connectivity index (χ2n) is 19.4. The van der Waals surface area contributed by atoms with E-state index in [0.717, 1.165) is 12.0 Å². The van der Waals surface area contributed by atoms with Gasteiger partial charge in [0.25, 0.3) is 0 Å². The second-order valence-corrected chi connectivity index (χ2v) is 19.4. The summed E-state index contributed by atoms with van der Waals surface area (Å²) < 4.78 is 6.43. The van der Waals surface area contributed by atoms with Gasteiger partial charge in [-0.05, 0) is 123 Å². The first kappa shape index (κ1) is 37.0. The SMILES string of the molecule is CC(C)C(C)C1OC1C1(O)CC=CC2CC34CCC5C(O)C(O)CC(CO)(C(=O)C=C3C3(O)CCC1C23CCc1cc(O)cc(N2CCCC2=O)c1)C54C. The molecule has 6 fully saturated rings. The van der Waals surface area contributed by atoms with E-state index in [1.807, 2.05) is 13.0 Å². The number of hydrogen-bond acceptors (Lipinski definition) is 9. The molecule has 1 amide bonds. The van der Waals surface area contributed by atoms with Crippen molar-refractivity contribution in [3.05, 3.63) is 47.6 Å². The van der Waals surface area contributed by atoms with Crippen molar-refractivity contribution in [1.29, 1.82) is 0 Å². The van der Waals surface area contributed by atoms with Gasteiger partial charge in [0, 0.05) is 41.5 Å². The Kier molecular flexibility index (Phi) is 8.20. The summed E-state index contributed by atoms with van der Waals surface area (Å²) in [6.45, 7) is 8.68. The summed E-state index contributed by atoms with van der Waals surface area (Å²) in [7, 11) is 0. The predicted octanol–water partition coefficient (Wildman–Crippen LogP) is 4.37. The number of aliphatic hydroxyl groups excluding tert-OH is 3. The number of aryl methyl sites for hydroxylation is 1. The van der Waals surface area contributed by atoms with Crippen molar-refractivity contribution in [1.82, 2.24) is 0 Å². The van der Waals surface area contributed by atoms with Gasteiger partial charge in [-0.15, -0.1) is 0 Å². The van der Waals surface area contributed by atoms with Gasteiger partial charge in [-0.3, -0.25) is 9.59 Å². The average Bonchev–Trinajstić information content (AvgIpc) is 3.63. The number of aliphatic hydroxyl groups is 5. The third-order valence-corrected chi connectivity index (χ3v) is 17.6. The molecule has 9 rings (SSSR count). The molecule has 6 N–H and O–H groups in total. The summed E-state index contributed by atoms with van der Waals surface area (Å²) in [4.78, 5) is 29.2. The van der Waals surface area contributed by atoms with Gasteiger partial charge >= 0.3 is 0 Å². The van der Waals surface area contributed by atoms with Crippen LogP contribution in [0.5, 0.6) is 5.75 Å². The van der Waals surface area contributed by atoms with Crippen molar-refractivity contribution >= 4 is 17.4 Å². The van der Waals surface area contributed by atoms with Gasteiger partial charge in [-0.25, -0.2) is 0 Å². The fraction of sp³-hybridized carbons (Fsp3) is 0.727. The van der Waals surface area contributed by atoms with Gasteiger partial charge in [-0.1, -0.05) is 39.8 Å². The van der Waals surface area contributed by atoms with Crippen molar-refractivity contribution in [2.45, 2.75) is 134 Å². The summed E-state index contributed by atoms with van der Waals surface area (Å²) in [6.07, 6.45) is 8.28. The van der Waals surface area contributed by atoms with Crippen molar-refractivity contribution in [3.8, 4) is 5.75 Å². The predicted molar refractivity (Wildman–Crippen MR) is 200 cm³/mol. The van der Waals surface area contributed by atoms with E-state index in [2.05, 4.69) is 32.9 Å². The highest BCUT2D eigenvalue weighted by Crippen LogP contribution is 2.82. The van der Waals surface area contributed by atoms with Gasteiger partial charge in [0.1, 0.15) is 17.5 Å². The maximum absolute atomic E-state index is 14.7. The van der Waals surface area contributed by atoms with Crippen LogP contribution in [0, 0.1) is 51.2 Å². The molecule has 14 atom stereocenters. The summed E-state index contributed by atoms with van der Waals surface area (Å²) >= 11 is 0. The highest BCUT2D eigenvalue weighted by Gasteiger charge is 2.83. The zero-order valence-corrected chi connectivity index (χ0v) is 32.2. The van der Waals surface area contributed by atoms with Gasteiger partial charge in [0.05, 0.1) is 35.9 Å². The van der Waals surface area contributed by atoms with Crippen LogP contribution in [0.15, 0.2) is 42.0 Å². The minimum absolute atomic E-state index is 0.0281. The van der Waals surface area contributed by atoms with Gasteiger partial charge in [0.15, 0.2) is 5.78 Å². The summed E-state index contributed by atoms with van der Waals surface area (Å²) in [5, 5.41) is 71.8. The Bertz CT molecular complexity index is 1830. The van der Waals surface area contributed by atoms with Gasteiger partial charge in [0.2, 0.25) is 5.91 Å². The number of ketones is 1. The monoisotopic (exact) mass is 745 g/mol. The Morgan fingerprint density at radius 3 is 2.52 bits per heavy atom. The topological polar surface area (TPSA) is 171 Å². The van der Waals surface area contributed by atoms with E-state index in [4.69, 9.17) is 4.74 Å². The fourth-order valence-electron chi connectivity index (χ4n) is 14.6. The number of benzene rings is 1. The van der Waals surface area contributed by atoms with Crippen LogP contribution in [-0.2, 0) is 20.7 Å². The molecule has 294 valence electrons. The van der Waals surface area contributed by atoms with Crippen LogP contribution in [0.2, 0.25) is 0 Å². The van der Waals surface area contributed by atoms with Crippen molar-refractivity contribution in [3.63, 3.8) is 0 Å². The van der Waals surface area contributed by atoms with E-state index in [9.17, 15) is 40.2 Å². The molecular formula is C44H59NO9. The number of phenolic OH excluding ortho intramolecular Hbond substituents is 1. The first-order chi connectivity index (χ1) is 25.5. The largest absolute Gasteiger partial charge is 0.508 e. The van der Waals surface area contributed by atoms with E-state index in [1.54, 1.807) is 23.1 Å². The zero-order chi connectivity index (χ0) is 38.4. The Morgan fingerprint density at radius 1 is 1.04 bits per heavy atom. The number of carbonyl (C=O) groups is 2. The average molecular weight is 746 g/mol. The third kappa shape index (κ3) is 4.39. The van der Waals surface area contributed by atoms with E-state index in [1.165, 1.54) is 0 Å². The highest BCUT2D eigenvalue weighted by molar-refractivity contribution is 5.99. The quantitative estimate of drug-likeness (QED) is 0.167. The van der Waals surface area contributed by atoms with Gasteiger partial charge in [-0.2, -0.15) is 0 Å². The van der Waals surface area contributed by atoms with Gasteiger partial charge < -0.3 is 40.3 Å². The molecule has 14 unspecified atom stereocenters. The van der Waals surface area contributed by atoms with E-state index in [-0.39, 0.29) is 47.7 Å². The molecular weight excluding hydrogens is 686 g/mol. The van der Waals surface area contributed by atoms with E-state index in [0.29, 0.717) is 81.5 Å². The molecule has 10 nitrogen and oxygen atoms in total. The molecule has 2 aliphatic heterocycles. The number of hydrogen-bond donors (Lipinski definition) is 6. The smallest absolute Gasteiger partial charge is 0.227 e. The maximum atomic E-state index is 14.7. The number of rotatable bonds is 8. The second kappa shape index (κ2) is 12.0. The Hall–Kier alpha value is -2.60. The minimum atomic E-state index is -1.52. The molecule has 1 spiro atoms. The van der Waals surface area contributed by atoms with Crippen LogP contribution >= 0.6 is 0 Å². The lowest BCUT2D eigenvalue weighted by Gasteiger charge is -2.70. The van der Waals surface area contributed by atoms with E-state index < -0.39 is 63.7 Å². The Balaban J connectivity index is 1.20. The standard InChI is InChI=1S/C44H59NO9/c1-24(2)25(3)37-38(54-37)43(52)12-5-7-27-21-40-13-10-30-36(51)31(48)22-41(23-46,39(30,40)4)34(49)20-33(40)44(53)15-11-32(43)42(27,44)14-9-26-17-28(19-29(47)18-26)45-16-6-8-35(45)50/h5,7,17-20,24-25,27,30-32,36-38,46-48,51-53H,6,8-16,21-23H2,1-4H3. The zero-order valence-electron chi connectivity index (χ0n) is 32.2. The summed E-state index contributed by atoms with van der Waals surface area (Å²) in [5.41, 5.74) is -4.52. The number of fused-ring (bicyclic) bond motifs is 1. The molecule has 0 aromatic heterocycles. The number of phenols is 1. The first-order valence-corrected chi connectivity index (χ1v) is 20.7. The number of nitrogens with zero attached hydrogens (tertiary/aromatic N) is 1. The molecule has 1 aromatic rings. The first-order valence-electron chi connectivity index (χ1n) is 20.7. The maximum Gasteiger partial charge on any atom is 0.227 e. The molecule has 4 saturated carbocycles. The lowest BCUT2D eigenvalue weighted by Crippen LogP contribution is -2.73. The molecule has 6 aliphatic carbocycles. The number of epoxide rings is 1. The Labute approximate surface area is 318 Å². The van der Waals surface area contributed by atoms with Crippen molar-refractivity contribution in [2.24, 2.45) is 51.2 Å². The number of allylic oxidation sites excluding steroid dienone is 2. The molecule has 8 aliphatic rings. The molecule has 0 radical (unpaired) electrons. The number of carbonyl (C=O) groups excluding carboxylic acids is 2. The lowest BCUT2D eigenvalue weighted by molar-refractivity contribution is -0.232. The number of ether oxygens (including phenoxy) is 1. The minimum Gasteiger partial charge on any atom is -0.508 e. The van der Waals surface area contributed by atoms with Crippen LogP contribution in [0.25, 0.3) is 0 Å². The van der Waals surface area contributed by atoms with Crippen molar-refractivity contribution in [2.75, 3.05) is 18.1 Å². The molecule has 54 heavy (non-hydrogen) atoms. The van der Waals surface area contributed by atoms with Crippen LogP contribution in [0.3, 0.4) is 0 Å². The van der Waals surface area contributed by atoms with E-state index >= 15 is 0 Å². The third-order valence-electron chi connectivity index (χ3n) is 17.6. The fourth-order valence-corrected chi connectivity index (χ4v) is 14.6. The Morgan fingerprint density at radius 2 is 1.81 bits per heavy atom. The highest BCUT2D eigenvalue weighted by atomic mass is 16.6. The van der Waals surface area contributed by atoms with Crippen LogP contribution in [0.1, 0.15) is 97.5 Å². The van der Waals surface area contributed by atoms with Crippen LogP contribution in [-0.4, -0.2) is 91.1 Å². The number of aromatic hydroxyl groups is 1. The number of amides is 1. The normalized spacial score (nSPS) is 48.0. The van der Waals surface area contributed by atoms with Crippen molar-refractivity contribution < 1.29 is 45.0 Å². The molecule has 2 saturated heterocycles. The summed E-state index contributed by atoms with van der Waals surface area (Å²) in [6, 6.07) is 5.32. The molecule has 1 aromatic carbocycles. The summed E-state index contributed by atoms with van der Waals surface area (Å²) in [5.74, 6) is -0.692. The van der Waals surface area contributed by atoms with Crippen LogP contribution < -0.4 is 4.90 Å². The molecule has 10 heteroatoms. The van der Waals surface area contributed by atoms with Crippen LogP contribution in [0.4, 0.5) is 5.69 Å². The number of anilines is 1.